The van der Waals surface area contributed by atoms with Crippen LogP contribution in [0.4, 0.5) is 0 Å². The molecule has 2 rings (SSSR count). The Morgan fingerprint density at radius 1 is 1.26 bits per heavy atom. The predicted molar refractivity (Wildman–Crippen MR) is 69.2 cm³/mol. The summed E-state index contributed by atoms with van der Waals surface area (Å²) in [6.45, 7) is 3.95. The van der Waals surface area contributed by atoms with Gasteiger partial charge in [0.25, 0.3) is 0 Å². The molecule has 0 atom stereocenters. The third kappa shape index (κ3) is 3.28. The average Bonchev–Trinajstić information content (AvgIpc) is 2.42. The van der Waals surface area contributed by atoms with Crippen LogP contribution in [0.25, 0.3) is 0 Å². The van der Waals surface area contributed by atoms with Gasteiger partial charge in [-0.15, -0.1) is 0 Å². The van der Waals surface area contributed by atoms with Crippen molar-refractivity contribution in [3.63, 3.8) is 0 Å². The summed E-state index contributed by atoms with van der Waals surface area (Å²) in [6, 6.07) is 6.84. The molecule has 98 valence electrons. The SMILES string of the molecule is CCOC(=O)c1ccc(Oc2cccnc2C)nc1. The van der Waals surface area contributed by atoms with Crippen LogP contribution in [0.15, 0.2) is 36.7 Å². The Balaban J connectivity index is 2.11. The summed E-state index contributed by atoms with van der Waals surface area (Å²) in [6.07, 6.45) is 3.12. The fourth-order valence-corrected chi connectivity index (χ4v) is 1.47. The van der Waals surface area contributed by atoms with Crippen LogP contribution >= 0.6 is 0 Å². The van der Waals surface area contributed by atoms with Crippen molar-refractivity contribution in [1.29, 1.82) is 0 Å². The van der Waals surface area contributed by atoms with Gasteiger partial charge in [-0.05, 0) is 32.0 Å². The van der Waals surface area contributed by atoms with E-state index in [-0.39, 0.29) is 5.97 Å². The van der Waals surface area contributed by atoms with Crippen molar-refractivity contribution in [2.24, 2.45) is 0 Å². The summed E-state index contributed by atoms with van der Waals surface area (Å²) < 4.78 is 10.5. The summed E-state index contributed by atoms with van der Waals surface area (Å²) in [5, 5.41) is 0. The van der Waals surface area contributed by atoms with E-state index in [0.29, 0.717) is 23.8 Å². The van der Waals surface area contributed by atoms with E-state index in [1.165, 1.54) is 6.20 Å². The molecule has 0 aliphatic carbocycles. The standard InChI is InChI=1S/C14H14N2O3/c1-3-18-14(17)11-6-7-13(16-9-11)19-12-5-4-8-15-10(12)2/h4-9H,3H2,1-2H3. The zero-order chi connectivity index (χ0) is 13.7. The minimum absolute atomic E-state index is 0.339. The summed E-state index contributed by atoms with van der Waals surface area (Å²) >= 11 is 0. The fourth-order valence-electron chi connectivity index (χ4n) is 1.47. The molecule has 0 saturated heterocycles. The van der Waals surface area contributed by atoms with Gasteiger partial charge in [0.1, 0.15) is 0 Å². The molecule has 0 bridgehead atoms. The Morgan fingerprint density at radius 2 is 2.11 bits per heavy atom. The second-order valence-corrected chi connectivity index (χ2v) is 3.79. The van der Waals surface area contributed by atoms with E-state index in [0.717, 1.165) is 5.69 Å². The fraction of sp³-hybridized carbons (Fsp3) is 0.214. The number of esters is 1. The molecule has 5 heteroatoms. The van der Waals surface area contributed by atoms with Crippen LogP contribution in [-0.2, 0) is 4.74 Å². The van der Waals surface area contributed by atoms with Crippen LogP contribution in [0.3, 0.4) is 0 Å². The molecule has 0 radical (unpaired) electrons. The van der Waals surface area contributed by atoms with E-state index < -0.39 is 0 Å². The van der Waals surface area contributed by atoms with Gasteiger partial charge >= 0.3 is 5.97 Å². The van der Waals surface area contributed by atoms with Gasteiger partial charge in [0.2, 0.25) is 5.88 Å². The van der Waals surface area contributed by atoms with Gasteiger partial charge in [-0.3, -0.25) is 4.98 Å². The molecule has 0 spiro atoms. The number of rotatable bonds is 4. The molecular formula is C14H14N2O3. The summed E-state index contributed by atoms with van der Waals surface area (Å²) in [5.41, 5.74) is 1.18. The lowest BCUT2D eigenvalue weighted by Crippen LogP contribution is -2.05. The molecule has 5 nitrogen and oxygen atoms in total. The van der Waals surface area contributed by atoms with Gasteiger partial charge in [-0.1, -0.05) is 0 Å². The van der Waals surface area contributed by atoms with Crippen molar-refractivity contribution in [1.82, 2.24) is 9.97 Å². The molecule has 0 aliphatic rings. The first kappa shape index (κ1) is 13.0. The van der Waals surface area contributed by atoms with E-state index in [1.807, 2.05) is 13.0 Å². The smallest absolute Gasteiger partial charge is 0.339 e. The quantitative estimate of drug-likeness (QED) is 0.789. The molecule has 2 aromatic heterocycles. The molecule has 0 unspecified atom stereocenters. The van der Waals surface area contributed by atoms with Gasteiger partial charge in [0.15, 0.2) is 5.75 Å². The lowest BCUT2D eigenvalue weighted by atomic mass is 10.3. The lowest BCUT2D eigenvalue weighted by molar-refractivity contribution is 0.0526. The van der Waals surface area contributed by atoms with Crippen LogP contribution in [0.5, 0.6) is 11.6 Å². The van der Waals surface area contributed by atoms with E-state index in [9.17, 15) is 4.79 Å². The van der Waals surface area contributed by atoms with E-state index in [1.54, 1.807) is 31.3 Å². The number of carbonyl (C=O) groups excluding carboxylic acids is 1. The predicted octanol–water partition coefficient (Wildman–Crippen LogP) is 2.75. The number of pyridine rings is 2. The number of aromatic nitrogens is 2. The van der Waals surface area contributed by atoms with Crippen LogP contribution in [0.1, 0.15) is 23.0 Å². The first-order valence-corrected chi connectivity index (χ1v) is 5.93. The maximum atomic E-state index is 11.5. The number of hydrogen-bond donors (Lipinski definition) is 0. The maximum Gasteiger partial charge on any atom is 0.339 e. The second-order valence-electron chi connectivity index (χ2n) is 3.79. The van der Waals surface area contributed by atoms with Gasteiger partial charge in [-0.25, -0.2) is 9.78 Å². The van der Waals surface area contributed by atoms with Crippen molar-refractivity contribution in [3.8, 4) is 11.6 Å². The van der Waals surface area contributed by atoms with Gasteiger partial charge in [-0.2, -0.15) is 0 Å². The molecule has 0 saturated carbocycles. The normalized spacial score (nSPS) is 10.0. The first-order valence-electron chi connectivity index (χ1n) is 5.93. The van der Waals surface area contributed by atoms with Crippen molar-refractivity contribution in [2.45, 2.75) is 13.8 Å². The highest BCUT2D eigenvalue weighted by Crippen LogP contribution is 2.21. The average molecular weight is 258 g/mol. The van der Waals surface area contributed by atoms with Crippen LogP contribution in [0, 0.1) is 6.92 Å². The van der Waals surface area contributed by atoms with E-state index >= 15 is 0 Å². The minimum Gasteiger partial charge on any atom is -0.462 e. The summed E-state index contributed by atoms with van der Waals surface area (Å²) in [4.78, 5) is 19.6. The lowest BCUT2D eigenvalue weighted by Gasteiger charge is -2.07. The zero-order valence-corrected chi connectivity index (χ0v) is 10.8. The van der Waals surface area contributed by atoms with Crippen LogP contribution < -0.4 is 4.74 Å². The molecule has 0 aromatic carbocycles. The monoisotopic (exact) mass is 258 g/mol. The number of carbonyl (C=O) groups is 1. The largest absolute Gasteiger partial charge is 0.462 e. The van der Waals surface area contributed by atoms with Gasteiger partial charge < -0.3 is 9.47 Å². The zero-order valence-electron chi connectivity index (χ0n) is 10.8. The number of aryl methyl sites for hydroxylation is 1. The van der Waals surface area contributed by atoms with Crippen molar-refractivity contribution >= 4 is 5.97 Å². The molecule has 0 fully saturated rings. The molecule has 2 aromatic rings. The molecule has 0 amide bonds. The minimum atomic E-state index is -0.390. The third-order valence-electron chi connectivity index (χ3n) is 2.42. The Kier molecular flexibility index (Phi) is 4.07. The number of nitrogens with zero attached hydrogens (tertiary/aromatic N) is 2. The Bertz CT molecular complexity index is 567. The Hall–Kier alpha value is -2.43. The highest BCUT2D eigenvalue weighted by molar-refractivity contribution is 5.89. The third-order valence-corrected chi connectivity index (χ3v) is 2.42. The van der Waals surface area contributed by atoms with E-state index in [4.69, 9.17) is 9.47 Å². The molecule has 19 heavy (non-hydrogen) atoms. The van der Waals surface area contributed by atoms with Crippen molar-refractivity contribution < 1.29 is 14.3 Å². The van der Waals surface area contributed by atoms with Crippen molar-refractivity contribution in [2.75, 3.05) is 6.61 Å². The summed E-state index contributed by atoms with van der Waals surface area (Å²) in [7, 11) is 0. The number of ether oxygens (including phenoxy) is 2. The highest BCUT2D eigenvalue weighted by atomic mass is 16.5. The van der Waals surface area contributed by atoms with E-state index in [2.05, 4.69) is 9.97 Å². The molecule has 0 N–H and O–H groups in total. The second kappa shape index (κ2) is 5.95. The van der Waals surface area contributed by atoms with Crippen LogP contribution in [0.2, 0.25) is 0 Å². The molecule has 0 aliphatic heterocycles. The Labute approximate surface area is 111 Å². The first-order chi connectivity index (χ1) is 9.20. The maximum absolute atomic E-state index is 11.5. The van der Waals surface area contributed by atoms with Gasteiger partial charge in [0.05, 0.1) is 17.9 Å². The van der Waals surface area contributed by atoms with Crippen molar-refractivity contribution in [3.05, 3.63) is 47.9 Å². The molecule has 2 heterocycles. The number of hydrogen-bond acceptors (Lipinski definition) is 5. The molecular weight excluding hydrogens is 244 g/mol. The van der Waals surface area contributed by atoms with Crippen LogP contribution in [-0.4, -0.2) is 22.5 Å². The topological polar surface area (TPSA) is 61.3 Å². The highest BCUT2D eigenvalue weighted by Gasteiger charge is 2.08. The Morgan fingerprint density at radius 3 is 2.74 bits per heavy atom. The summed E-state index contributed by atoms with van der Waals surface area (Å²) in [5.74, 6) is 0.655. The van der Waals surface area contributed by atoms with Gasteiger partial charge in [0, 0.05) is 18.5 Å².